The first kappa shape index (κ1) is 21.3. The molecule has 1 aromatic carbocycles. The van der Waals surface area contributed by atoms with E-state index in [2.05, 4.69) is 20.9 Å². The Kier molecular flexibility index (Phi) is 5.92. The number of carbonyl (C=O) groups is 1. The van der Waals surface area contributed by atoms with Gasteiger partial charge in [-0.25, -0.2) is 8.78 Å². The van der Waals surface area contributed by atoms with Crippen molar-refractivity contribution in [2.45, 2.75) is 38.3 Å². The molecule has 1 N–H and O–H groups in total. The smallest absolute Gasteiger partial charge is 0.253 e. The van der Waals surface area contributed by atoms with Crippen molar-refractivity contribution in [1.29, 1.82) is 5.26 Å². The highest BCUT2D eigenvalue weighted by atomic mass is 35.5. The number of alkyl halides is 2. The summed E-state index contributed by atoms with van der Waals surface area (Å²) in [6.07, 6.45) is 4.48. The van der Waals surface area contributed by atoms with Crippen LogP contribution in [0.5, 0.6) is 0 Å². The molecule has 1 aliphatic carbocycles. The number of hydrogen-bond acceptors (Lipinski definition) is 3. The Hall–Kier alpha value is -2.98. The number of rotatable bonds is 6. The number of aromatic nitrogens is 2. The van der Waals surface area contributed by atoms with Crippen LogP contribution in [0.1, 0.15) is 46.8 Å². The highest BCUT2D eigenvalue weighted by molar-refractivity contribution is 6.32. The van der Waals surface area contributed by atoms with E-state index < -0.39 is 25.3 Å². The summed E-state index contributed by atoms with van der Waals surface area (Å²) in [5.74, 6) is -0.596. The van der Waals surface area contributed by atoms with E-state index in [9.17, 15) is 18.8 Å². The van der Waals surface area contributed by atoms with E-state index in [4.69, 9.17) is 11.6 Å². The fourth-order valence-electron chi connectivity index (χ4n) is 3.88. The Bertz CT molecular complexity index is 1180. The Morgan fingerprint density at radius 1 is 1.35 bits per heavy atom. The summed E-state index contributed by atoms with van der Waals surface area (Å²) in [5, 5.41) is 13.7. The van der Waals surface area contributed by atoms with E-state index in [0.717, 1.165) is 35.7 Å². The number of benzene rings is 1. The van der Waals surface area contributed by atoms with Gasteiger partial charge in [-0.05, 0) is 56.0 Å². The van der Waals surface area contributed by atoms with E-state index in [1.807, 2.05) is 19.1 Å². The molecule has 1 saturated carbocycles. The number of amides is 1. The van der Waals surface area contributed by atoms with Crippen LogP contribution in [0.15, 0.2) is 30.5 Å². The molecule has 1 aliphatic rings. The van der Waals surface area contributed by atoms with Gasteiger partial charge >= 0.3 is 0 Å². The molecule has 2 aromatic heterocycles. The Morgan fingerprint density at radius 2 is 2.10 bits per heavy atom. The highest BCUT2D eigenvalue weighted by Crippen LogP contribution is 2.43. The number of pyridine rings is 1. The molecule has 0 aliphatic heterocycles. The number of nitrogens with one attached hydrogen (secondary N) is 1. The van der Waals surface area contributed by atoms with Gasteiger partial charge in [0, 0.05) is 22.6 Å². The number of fused-ring (bicyclic) bond motifs is 1. The number of nitrogens with zero attached hydrogens (tertiary/aromatic N) is 3. The van der Waals surface area contributed by atoms with E-state index in [1.165, 1.54) is 6.20 Å². The van der Waals surface area contributed by atoms with E-state index in [-0.39, 0.29) is 11.6 Å². The molecule has 1 amide bonds. The Balaban J connectivity index is 1.80. The standard InChI is InChI=1S/C23H21ClF2N4O/c1-13-7-17-18(11-27)22(30(16-3-2-4-16)21(17)8-19(13)24)20-6-5-14(12-28-20)23(31)29-15(9-25)10-26/h5-8,12,15-16H,2-4,9-10H2,1H3,(H,29,31). The Morgan fingerprint density at radius 3 is 2.65 bits per heavy atom. The summed E-state index contributed by atoms with van der Waals surface area (Å²) in [7, 11) is 0. The summed E-state index contributed by atoms with van der Waals surface area (Å²) in [5.41, 5.74) is 3.74. The fourth-order valence-corrected chi connectivity index (χ4v) is 4.04. The van der Waals surface area contributed by atoms with Crippen LogP contribution in [0.4, 0.5) is 8.78 Å². The molecule has 1 fully saturated rings. The third-order valence-corrected chi connectivity index (χ3v) is 6.22. The fraction of sp³-hybridized carbons (Fsp3) is 0.348. The summed E-state index contributed by atoms with van der Waals surface area (Å²) >= 11 is 6.39. The van der Waals surface area contributed by atoms with Gasteiger partial charge in [-0.1, -0.05) is 11.6 Å². The molecule has 160 valence electrons. The topological polar surface area (TPSA) is 70.7 Å². The van der Waals surface area contributed by atoms with Crippen LogP contribution in [0, 0.1) is 18.3 Å². The predicted molar refractivity (Wildman–Crippen MR) is 116 cm³/mol. The zero-order valence-corrected chi connectivity index (χ0v) is 17.7. The molecular weight excluding hydrogens is 422 g/mol. The quantitative estimate of drug-likeness (QED) is 0.563. The second kappa shape index (κ2) is 8.64. The van der Waals surface area contributed by atoms with Crippen LogP contribution in [-0.4, -0.2) is 34.8 Å². The maximum Gasteiger partial charge on any atom is 0.253 e. The third kappa shape index (κ3) is 3.77. The molecular formula is C23H21ClF2N4O. The van der Waals surface area contributed by atoms with E-state index in [0.29, 0.717) is 22.0 Å². The maximum atomic E-state index is 12.7. The number of carbonyl (C=O) groups excluding carboxylic acids is 1. The summed E-state index contributed by atoms with van der Waals surface area (Å²) < 4.78 is 27.5. The first-order valence-electron chi connectivity index (χ1n) is 10.1. The highest BCUT2D eigenvalue weighted by Gasteiger charge is 2.29. The summed E-state index contributed by atoms with van der Waals surface area (Å²) in [6.45, 7) is -0.0669. The average molecular weight is 443 g/mol. The van der Waals surface area contributed by atoms with Crippen molar-refractivity contribution >= 4 is 28.4 Å². The van der Waals surface area contributed by atoms with Gasteiger partial charge in [0.15, 0.2) is 0 Å². The molecule has 0 spiro atoms. The van der Waals surface area contributed by atoms with Crippen molar-refractivity contribution in [2.24, 2.45) is 0 Å². The molecule has 0 unspecified atom stereocenters. The molecule has 31 heavy (non-hydrogen) atoms. The molecule has 2 heterocycles. The van der Waals surface area contributed by atoms with Gasteiger partial charge in [-0.2, -0.15) is 5.26 Å². The summed E-state index contributed by atoms with van der Waals surface area (Å²) in [6, 6.07) is 8.42. The normalized spacial score (nSPS) is 13.9. The van der Waals surface area contributed by atoms with Crippen molar-refractivity contribution in [1.82, 2.24) is 14.9 Å². The van der Waals surface area contributed by atoms with Crippen molar-refractivity contribution in [3.05, 3.63) is 52.2 Å². The zero-order chi connectivity index (χ0) is 22.1. The first-order valence-corrected chi connectivity index (χ1v) is 10.5. The van der Waals surface area contributed by atoms with Gasteiger partial charge < -0.3 is 9.88 Å². The van der Waals surface area contributed by atoms with Crippen LogP contribution in [0.2, 0.25) is 5.02 Å². The maximum absolute atomic E-state index is 12.7. The molecule has 0 bridgehead atoms. The zero-order valence-electron chi connectivity index (χ0n) is 17.0. The van der Waals surface area contributed by atoms with Crippen LogP contribution in [0.25, 0.3) is 22.3 Å². The first-order chi connectivity index (χ1) is 15.0. The molecule has 3 aromatic rings. The second-order valence-electron chi connectivity index (χ2n) is 7.82. The lowest BCUT2D eigenvalue weighted by Gasteiger charge is -2.30. The van der Waals surface area contributed by atoms with Crippen molar-refractivity contribution < 1.29 is 13.6 Å². The van der Waals surface area contributed by atoms with E-state index in [1.54, 1.807) is 12.1 Å². The number of aryl methyl sites for hydroxylation is 1. The third-order valence-electron chi connectivity index (χ3n) is 5.81. The predicted octanol–water partition coefficient (Wildman–Crippen LogP) is 5.30. The van der Waals surface area contributed by atoms with Crippen LogP contribution < -0.4 is 5.32 Å². The minimum absolute atomic E-state index is 0.194. The van der Waals surface area contributed by atoms with Gasteiger partial charge in [0.2, 0.25) is 0 Å². The van der Waals surface area contributed by atoms with Crippen LogP contribution in [0.3, 0.4) is 0 Å². The molecule has 0 radical (unpaired) electrons. The lowest BCUT2D eigenvalue weighted by molar-refractivity contribution is 0.0921. The van der Waals surface area contributed by atoms with E-state index >= 15 is 0 Å². The van der Waals surface area contributed by atoms with Gasteiger partial charge in [0.25, 0.3) is 5.91 Å². The molecule has 0 atom stereocenters. The van der Waals surface area contributed by atoms with Crippen molar-refractivity contribution in [3.63, 3.8) is 0 Å². The molecule has 8 heteroatoms. The van der Waals surface area contributed by atoms with Gasteiger partial charge in [-0.15, -0.1) is 0 Å². The SMILES string of the molecule is Cc1cc2c(C#N)c(-c3ccc(C(=O)NC(CF)CF)cn3)n(C3CCC3)c2cc1Cl. The Labute approximate surface area is 183 Å². The molecule has 4 rings (SSSR count). The second-order valence-corrected chi connectivity index (χ2v) is 8.23. The summed E-state index contributed by atoms with van der Waals surface area (Å²) in [4.78, 5) is 16.7. The number of nitriles is 1. The monoisotopic (exact) mass is 442 g/mol. The minimum atomic E-state index is -1.17. The minimum Gasteiger partial charge on any atom is -0.344 e. The average Bonchev–Trinajstić information content (AvgIpc) is 3.04. The van der Waals surface area contributed by atoms with Crippen molar-refractivity contribution in [2.75, 3.05) is 13.3 Å². The van der Waals surface area contributed by atoms with Crippen LogP contribution >= 0.6 is 11.6 Å². The van der Waals surface area contributed by atoms with Crippen molar-refractivity contribution in [3.8, 4) is 17.5 Å². The number of halogens is 3. The molecule has 0 saturated heterocycles. The van der Waals surface area contributed by atoms with Gasteiger partial charge in [0.05, 0.1) is 34.1 Å². The lowest BCUT2D eigenvalue weighted by atomic mass is 9.92. The molecule has 5 nitrogen and oxygen atoms in total. The number of hydrogen-bond donors (Lipinski definition) is 1. The lowest BCUT2D eigenvalue weighted by Crippen LogP contribution is -2.38. The van der Waals surface area contributed by atoms with Gasteiger partial charge in [0.1, 0.15) is 19.4 Å². The van der Waals surface area contributed by atoms with Crippen LogP contribution in [-0.2, 0) is 0 Å². The van der Waals surface area contributed by atoms with Gasteiger partial charge in [-0.3, -0.25) is 9.78 Å². The largest absolute Gasteiger partial charge is 0.344 e.